The standard InChI is InChI=1S/C2H2BF/c1-2(3)4/h1H2. The van der Waals surface area contributed by atoms with Crippen molar-refractivity contribution < 1.29 is 4.39 Å². The number of halogens is 1. The molecule has 0 bridgehead atoms. The first-order valence-corrected chi connectivity index (χ1v) is 0.831. The van der Waals surface area contributed by atoms with Gasteiger partial charge >= 0.3 is 0 Å². The maximum atomic E-state index is 10.6. The van der Waals surface area contributed by atoms with E-state index in [0.717, 1.165) is 0 Å². The van der Waals surface area contributed by atoms with E-state index < -0.39 is 5.73 Å². The van der Waals surface area contributed by atoms with Gasteiger partial charge in [0.25, 0.3) is 0 Å². The van der Waals surface area contributed by atoms with Gasteiger partial charge in [0, 0.05) is 5.73 Å². The fourth-order valence-corrected chi connectivity index (χ4v) is 0. The van der Waals surface area contributed by atoms with Crippen molar-refractivity contribution >= 4 is 7.85 Å². The van der Waals surface area contributed by atoms with E-state index in [-0.39, 0.29) is 0 Å². The van der Waals surface area contributed by atoms with E-state index in [2.05, 4.69) is 14.4 Å². The molecule has 2 heteroatoms. The van der Waals surface area contributed by atoms with Gasteiger partial charge in [0.1, 0.15) is 0 Å². The highest BCUT2D eigenvalue weighted by molar-refractivity contribution is 6.19. The van der Waals surface area contributed by atoms with E-state index in [0.29, 0.717) is 0 Å². The topological polar surface area (TPSA) is 0 Å². The highest BCUT2D eigenvalue weighted by Gasteiger charge is 1.59. The largest absolute Gasteiger partial charge is 0.225 e. The molecule has 0 N–H and O–H groups in total. The van der Waals surface area contributed by atoms with E-state index in [1.165, 1.54) is 0 Å². The third kappa shape index (κ3) is 13.3. The van der Waals surface area contributed by atoms with Crippen LogP contribution < -0.4 is 0 Å². The molecule has 0 aliphatic rings. The summed E-state index contributed by atoms with van der Waals surface area (Å²) in [5, 5.41) is 0. The summed E-state index contributed by atoms with van der Waals surface area (Å²) in [5.41, 5.74) is -0.833. The number of hydrogen-bond donors (Lipinski definition) is 0. The van der Waals surface area contributed by atoms with Crippen molar-refractivity contribution in [2.75, 3.05) is 0 Å². The normalized spacial score (nSPS) is 6.25. The summed E-state index contributed by atoms with van der Waals surface area (Å²) in [4.78, 5) is 0. The highest BCUT2D eigenvalue weighted by atomic mass is 19.1. The lowest BCUT2D eigenvalue weighted by atomic mass is 10.1. The van der Waals surface area contributed by atoms with Crippen LogP contribution in [-0.4, -0.2) is 7.85 Å². The monoisotopic (exact) mass is 56.0 g/mol. The molecule has 0 nitrogen and oxygen atoms in total. The first-order valence-electron chi connectivity index (χ1n) is 0.831. The molecule has 0 heterocycles. The molecule has 20 valence electrons. The molecule has 0 rings (SSSR count). The van der Waals surface area contributed by atoms with Crippen LogP contribution in [0.5, 0.6) is 0 Å². The fraction of sp³-hybridized carbons (Fsp3) is 0. The van der Waals surface area contributed by atoms with Gasteiger partial charge in [0.05, 0.1) is 0 Å². The molecule has 0 aliphatic heterocycles. The van der Waals surface area contributed by atoms with Crippen molar-refractivity contribution in [1.82, 2.24) is 0 Å². The molecule has 0 aromatic rings. The van der Waals surface area contributed by atoms with Gasteiger partial charge in [-0.15, -0.1) is 0 Å². The Morgan fingerprint density at radius 3 is 2.00 bits per heavy atom. The van der Waals surface area contributed by atoms with Crippen molar-refractivity contribution in [3.63, 3.8) is 0 Å². The van der Waals surface area contributed by atoms with Crippen LogP contribution in [0.25, 0.3) is 0 Å². The number of rotatable bonds is 0. The van der Waals surface area contributed by atoms with Gasteiger partial charge in [-0.2, -0.15) is 0 Å². The van der Waals surface area contributed by atoms with E-state index in [9.17, 15) is 4.39 Å². The summed E-state index contributed by atoms with van der Waals surface area (Å²) in [5.74, 6) is 0. The van der Waals surface area contributed by atoms with Crippen molar-refractivity contribution in [2.24, 2.45) is 0 Å². The SMILES string of the molecule is [B]C(=C)F. The van der Waals surface area contributed by atoms with Gasteiger partial charge in [-0.25, -0.2) is 4.39 Å². The Balaban J connectivity index is 2.80. The van der Waals surface area contributed by atoms with Gasteiger partial charge in [0.2, 0.25) is 0 Å². The average molecular weight is 55.8 g/mol. The Hall–Kier alpha value is -0.265. The molecule has 4 heavy (non-hydrogen) atoms. The molecule has 0 saturated heterocycles. The Morgan fingerprint density at radius 2 is 2.00 bits per heavy atom. The van der Waals surface area contributed by atoms with E-state index in [4.69, 9.17) is 0 Å². The van der Waals surface area contributed by atoms with Gasteiger partial charge < -0.3 is 0 Å². The molecule has 0 fully saturated rings. The average Bonchev–Trinajstić information content (AvgIpc) is 0.811. The lowest BCUT2D eigenvalue weighted by Crippen LogP contribution is -1.53. The minimum atomic E-state index is -0.833. The Morgan fingerprint density at radius 1 is 2.00 bits per heavy atom. The van der Waals surface area contributed by atoms with Crippen LogP contribution in [-0.2, 0) is 0 Å². The Kier molecular flexibility index (Phi) is 1.03. The zero-order valence-corrected chi connectivity index (χ0v) is 2.16. The smallest absolute Gasteiger partial charge is 0.155 e. The summed E-state index contributed by atoms with van der Waals surface area (Å²) in [7, 11) is 4.25. The predicted octanol–water partition coefficient (Wildman–Crippen LogP) is 0.596. The molecule has 0 aromatic carbocycles. The lowest BCUT2D eigenvalue weighted by Gasteiger charge is -1.59. The summed E-state index contributed by atoms with van der Waals surface area (Å²) in [6.07, 6.45) is 0. The first-order chi connectivity index (χ1) is 1.73. The summed E-state index contributed by atoms with van der Waals surface area (Å²) in [6, 6.07) is 0. The van der Waals surface area contributed by atoms with Crippen LogP contribution in [0.15, 0.2) is 12.3 Å². The molecule has 0 saturated carbocycles. The summed E-state index contributed by atoms with van der Waals surface area (Å²) in [6.45, 7) is 2.67. The second-order valence-electron chi connectivity index (χ2n) is 0.447. The molecule has 0 atom stereocenters. The first kappa shape index (κ1) is 3.73. The van der Waals surface area contributed by atoms with Crippen LogP contribution in [0.1, 0.15) is 0 Å². The summed E-state index contributed by atoms with van der Waals surface area (Å²) < 4.78 is 10.6. The minimum Gasteiger partial charge on any atom is -0.225 e. The second kappa shape index (κ2) is 1.10. The maximum absolute atomic E-state index is 10.6. The molecule has 0 aliphatic carbocycles. The van der Waals surface area contributed by atoms with E-state index >= 15 is 0 Å². The van der Waals surface area contributed by atoms with Crippen LogP contribution in [0, 0.1) is 0 Å². The highest BCUT2D eigenvalue weighted by Crippen LogP contribution is 1.72. The van der Waals surface area contributed by atoms with Crippen LogP contribution in [0.4, 0.5) is 4.39 Å². The quantitative estimate of drug-likeness (QED) is 0.356. The van der Waals surface area contributed by atoms with Crippen molar-refractivity contribution in [3.05, 3.63) is 12.3 Å². The van der Waals surface area contributed by atoms with E-state index in [1.54, 1.807) is 0 Å². The van der Waals surface area contributed by atoms with Gasteiger partial charge in [-0.3, -0.25) is 0 Å². The summed E-state index contributed by atoms with van der Waals surface area (Å²) >= 11 is 0. The molecular formula is C2H2BF. The third-order valence-corrected chi connectivity index (χ3v) is 0. The second-order valence-corrected chi connectivity index (χ2v) is 0.447. The minimum absolute atomic E-state index is 0.833. The molecule has 0 aromatic heterocycles. The van der Waals surface area contributed by atoms with Crippen molar-refractivity contribution in [3.8, 4) is 0 Å². The fourth-order valence-electron chi connectivity index (χ4n) is 0. The molecule has 0 spiro atoms. The predicted molar refractivity (Wildman–Crippen MR) is 16.0 cm³/mol. The van der Waals surface area contributed by atoms with Crippen LogP contribution in [0.3, 0.4) is 0 Å². The van der Waals surface area contributed by atoms with Crippen molar-refractivity contribution in [2.45, 2.75) is 0 Å². The Labute approximate surface area is 25.7 Å². The number of hydrogen-bond acceptors (Lipinski definition) is 0. The van der Waals surface area contributed by atoms with E-state index in [1.807, 2.05) is 0 Å². The molecule has 2 radical (unpaired) electrons. The molecule has 0 unspecified atom stereocenters. The Bertz CT molecular complexity index is 29.0. The van der Waals surface area contributed by atoms with Crippen LogP contribution in [0.2, 0.25) is 0 Å². The van der Waals surface area contributed by atoms with Gasteiger partial charge in [0.15, 0.2) is 7.85 Å². The molecule has 0 amide bonds. The van der Waals surface area contributed by atoms with Gasteiger partial charge in [-0.1, -0.05) is 6.58 Å². The van der Waals surface area contributed by atoms with Gasteiger partial charge in [-0.05, 0) is 0 Å². The third-order valence-electron chi connectivity index (χ3n) is 0. The van der Waals surface area contributed by atoms with Crippen molar-refractivity contribution in [1.29, 1.82) is 0 Å². The molecular weight excluding hydrogens is 53.8 g/mol. The zero-order valence-electron chi connectivity index (χ0n) is 2.16. The zero-order chi connectivity index (χ0) is 3.58. The van der Waals surface area contributed by atoms with Crippen LogP contribution >= 0.6 is 0 Å². The lowest BCUT2D eigenvalue weighted by molar-refractivity contribution is 0.698. The maximum Gasteiger partial charge on any atom is 0.155 e.